The van der Waals surface area contributed by atoms with Gasteiger partial charge in [0.1, 0.15) is 12.2 Å². The van der Waals surface area contributed by atoms with E-state index in [1.54, 1.807) is 0 Å². The number of nitrogens with one attached hydrogen (secondary N) is 2. The van der Waals surface area contributed by atoms with Gasteiger partial charge in [-0.05, 0) is 50.4 Å². The van der Waals surface area contributed by atoms with Crippen LogP contribution in [0.3, 0.4) is 0 Å². The Kier molecular flexibility index (Phi) is 6.24. The van der Waals surface area contributed by atoms with Crippen LogP contribution in [0.5, 0.6) is 0 Å². The van der Waals surface area contributed by atoms with Crippen molar-refractivity contribution in [2.75, 3.05) is 19.6 Å². The number of carbonyl (C=O) groups excluding carboxylic acids is 2. The van der Waals surface area contributed by atoms with Gasteiger partial charge in [-0.3, -0.25) is 9.59 Å². The SMILES string of the molecule is CC(C)(C)CCNC(=O)C12CCC(NCC(=O)N3C[C@@H](F)C[C@H]3C#N)(CC1)CC2. The quantitative estimate of drug-likeness (QED) is 0.710. The molecule has 2 N–H and O–H groups in total. The number of alkyl halides is 1. The number of hydrogen-bond acceptors (Lipinski definition) is 4. The van der Waals surface area contributed by atoms with Crippen LogP contribution in [-0.2, 0) is 9.59 Å². The maximum absolute atomic E-state index is 13.6. The summed E-state index contributed by atoms with van der Waals surface area (Å²) in [5.74, 6) is -0.0116. The molecule has 3 aliphatic carbocycles. The topological polar surface area (TPSA) is 85.2 Å². The van der Waals surface area contributed by atoms with Crippen molar-refractivity contribution in [3.05, 3.63) is 0 Å². The normalized spacial score (nSPS) is 34.1. The highest BCUT2D eigenvalue weighted by molar-refractivity contribution is 5.83. The van der Waals surface area contributed by atoms with Crippen LogP contribution in [0.4, 0.5) is 4.39 Å². The second kappa shape index (κ2) is 8.22. The number of amides is 2. The zero-order chi connectivity index (χ0) is 21.3. The van der Waals surface area contributed by atoms with Gasteiger partial charge in [0.15, 0.2) is 0 Å². The van der Waals surface area contributed by atoms with Crippen LogP contribution in [0.1, 0.15) is 72.1 Å². The molecule has 0 radical (unpaired) electrons. The maximum Gasteiger partial charge on any atom is 0.237 e. The molecule has 0 spiro atoms. The molecule has 0 aromatic carbocycles. The minimum absolute atomic E-state index is 0.0174. The molecule has 162 valence electrons. The zero-order valence-corrected chi connectivity index (χ0v) is 18.0. The summed E-state index contributed by atoms with van der Waals surface area (Å²) in [4.78, 5) is 26.7. The molecule has 1 heterocycles. The molecule has 0 aromatic heterocycles. The van der Waals surface area contributed by atoms with Crippen molar-refractivity contribution in [3.63, 3.8) is 0 Å². The van der Waals surface area contributed by atoms with Gasteiger partial charge in [-0.25, -0.2) is 4.39 Å². The standard InChI is InChI=1S/C22H35FN4O2/c1-20(2,3)10-11-25-19(29)21-4-7-22(8-5-21,9-6-21)26-14-18(28)27-15-16(23)12-17(27)13-24/h16-17,26H,4-12,14-15H2,1-3H3,(H,25,29)/t16-,17-,21?,22?/m0/s1. The first-order chi connectivity index (χ1) is 13.6. The first-order valence-electron chi connectivity index (χ1n) is 10.9. The first kappa shape index (κ1) is 22.0. The number of nitriles is 1. The van der Waals surface area contributed by atoms with Gasteiger partial charge in [0.2, 0.25) is 11.8 Å². The van der Waals surface area contributed by atoms with E-state index in [0.29, 0.717) is 6.54 Å². The number of fused-ring (bicyclic) bond motifs is 3. The van der Waals surface area contributed by atoms with Crippen molar-refractivity contribution >= 4 is 11.8 Å². The molecule has 2 atom stereocenters. The van der Waals surface area contributed by atoms with Crippen LogP contribution in [0, 0.1) is 22.2 Å². The number of hydrogen-bond donors (Lipinski definition) is 2. The molecule has 1 saturated heterocycles. The third-order valence-electron chi connectivity index (χ3n) is 7.22. The van der Waals surface area contributed by atoms with E-state index in [9.17, 15) is 14.0 Å². The van der Waals surface area contributed by atoms with Gasteiger partial charge >= 0.3 is 0 Å². The van der Waals surface area contributed by atoms with Crippen molar-refractivity contribution in [1.29, 1.82) is 5.26 Å². The van der Waals surface area contributed by atoms with E-state index < -0.39 is 12.2 Å². The lowest BCUT2D eigenvalue weighted by atomic mass is 9.57. The Morgan fingerprint density at radius 3 is 2.34 bits per heavy atom. The highest BCUT2D eigenvalue weighted by Gasteiger charge is 2.52. The van der Waals surface area contributed by atoms with E-state index in [2.05, 4.69) is 31.4 Å². The molecule has 29 heavy (non-hydrogen) atoms. The van der Waals surface area contributed by atoms with E-state index in [0.717, 1.165) is 44.9 Å². The van der Waals surface area contributed by atoms with E-state index in [-0.39, 0.29) is 47.7 Å². The number of nitrogens with zero attached hydrogens (tertiary/aromatic N) is 2. The van der Waals surface area contributed by atoms with Crippen molar-refractivity contribution in [3.8, 4) is 6.07 Å². The molecule has 3 saturated carbocycles. The third kappa shape index (κ3) is 4.91. The number of halogens is 1. The van der Waals surface area contributed by atoms with Gasteiger partial charge in [0.05, 0.1) is 19.2 Å². The minimum Gasteiger partial charge on any atom is -0.356 e. The van der Waals surface area contributed by atoms with Crippen LogP contribution < -0.4 is 10.6 Å². The Morgan fingerprint density at radius 1 is 1.17 bits per heavy atom. The van der Waals surface area contributed by atoms with E-state index in [1.807, 2.05) is 6.07 Å². The second-order valence-electron chi connectivity index (χ2n) is 10.5. The minimum atomic E-state index is -1.11. The summed E-state index contributed by atoms with van der Waals surface area (Å²) in [6, 6.07) is 1.38. The van der Waals surface area contributed by atoms with E-state index in [4.69, 9.17) is 5.26 Å². The molecular formula is C22H35FN4O2. The Morgan fingerprint density at radius 2 is 1.79 bits per heavy atom. The van der Waals surface area contributed by atoms with Gasteiger partial charge in [-0.1, -0.05) is 20.8 Å². The summed E-state index contributed by atoms with van der Waals surface area (Å²) in [5, 5.41) is 15.7. The van der Waals surface area contributed by atoms with Crippen molar-refractivity contribution in [2.45, 2.75) is 89.9 Å². The lowest BCUT2D eigenvalue weighted by Crippen LogP contribution is -2.60. The second-order valence-corrected chi connectivity index (χ2v) is 10.5. The summed E-state index contributed by atoms with van der Waals surface area (Å²) in [6.45, 7) is 7.39. The summed E-state index contributed by atoms with van der Waals surface area (Å²) in [5.41, 5.74) is -0.161. The summed E-state index contributed by atoms with van der Waals surface area (Å²) in [6.07, 6.45) is 5.11. The molecule has 4 aliphatic rings. The van der Waals surface area contributed by atoms with E-state index >= 15 is 0 Å². The Balaban J connectivity index is 1.49. The lowest BCUT2D eigenvalue weighted by Gasteiger charge is -2.53. The van der Waals surface area contributed by atoms with E-state index in [1.165, 1.54) is 4.90 Å². The van der Waals surface area contributed by atoms with Crippen LogP contribution in [0.2, 0.25) is 0 Å². The van der Waals surface area contributed by atoms with Crippen molar-refractivity contribution < 1.29 is 14.0 Å². The van der Waals surface area contributed by atoms with Gasteiger partial charge in [-0.2, -0.15) is 5.26 Å². The molecule has 0 unspecified atom stereocenters. The smallest absolute Gasteiger partial charge is 0.237 e. The molecule has 1 aliphatic heterocycles. The number of likely N-dealkylation sites (tertiary alicyclic amines) is 1. The fourth-order valence-corrected chi connectivity index (χ4v) is 5.08. The highest BCUT2D eigenvalue weighted by Crippen LogP contribution is 2.52. The largest absolute Gasteiger partial charge is 0.356 e. The van der Waals surface area contributed by atoms with Gasteiger partial charge in [-0.15, -0.1) is 0 Å². The van der Waals surface area contributed by atoms with Gasteiger partial charge in [0.25, 0.3) is 0 Å². The van der Waals surface area contributed by atoms with Gasteiger partial charge in [0, 0.05) is 23.9 Å². The lowest BCUT2D eigenvalue weighted by molar-refractivity contribution is -0.139. The average Bonchev–Trinajstić information content (AvgIpc) is 3.07. The van der Waals surface area contributed by atoms with Crippen molar-refractivity contribution in [2.24, 2.45) is 10.8 Å². The van der Waals surface area contributed by atoms with Crippen molar-refractivity contribution in [1.82, 2.24) is 15.5 Å². The highest BCUT2D eigenvalue weighted by atomic mass is 19.1. The predicted molar refractivity (Wildman–Crippen MR) is 109 cm³/mol. The average molecular weight is 407 g/mol. The molecule has 0 aromatic rings. The molecule has 2 bridgehead atoms. The Labute approximate surface area is 173 Å². The molecule has 2 amide bonds. The Bertz CT molecular complexity index is 657. The molecule has 4 fully saturated rings. The van der Waals surface area contributed by atoms with Gasteiger partial charge < -0.3 is 15.5 Å². The summed E-state index contributed by atoms with van der Waals surface area (Å²) >= 11 is 0. The van der Waals surface area contributed by atoms with Crippen LogP contribution in [0.15, 0.2) is 0 Å². The van der Waals surface area contributed by atoms with Crippen LogP contribution in [0.25, 0.3) is 0 Å². The molecular weight excluding hydrogens is 371 g/mol. The maximum atomic E-state index is 13.6. The molecule has 6 nitrogen and oxygen atoms in total. The third-order valence-corrected chi connectivity index (χ3v) is 7.22. The summed E-state index contributed by atoms with van der Waals surface area (Å²) in [7, 11) is 0. The fourth-order valence-electron chi connectivity index (χ4n) is 5.08. The predicted octanol–water partition coefficient (Wildman–Crippen LogP) is 2.68. The monoisotopic (exact) mass is 406 g/mol. The summed E-state index contributed by atoms with van der Waals surface area (Å²) < 4.78 is 13.6. The zero-order valence-electron chi connectivity index (χ0n) is 18.0. The number of carbonyl (C=O) groups is 2. The molecule has 4 rings (SSSR count). The number of rotatable bonds is 6. The van der Waals surface area contributed by atoms with Crippen LogP contribution >= 0.6 is 0 Å². The first-order valence-corrected chi connectivity index (χ1v) is 10.9. The Hall–Kier alpha value is -1.68. The molecule has 7 heteroatoms. The fraction of sp³-hybridized carbons (Fsp3) is 0.864. The van der Waals surface area contributed by atoms with Crippen LogP contribution in [-0.4, -0.2) is 54.1 Å².